The number of H-pyrrole nitrogens is 1. The minimum Gasteiger partial charge on any atom is -0.391 e. The van der Waals surface area contributed by atoms with E-state index in [4.69, 9.17) is 15.7 Å². The Morgan fingerprint density at radius 2 is 1.91 bits per heavy atom. The van der Waals surface area contributed by atoms with Gasteiger partial charge in [0.05, 0.1) is 23.2 Å². The lowest BCUT2D eigenvalue weighted by atomic mass is 9.97. The van der Waals surface area contributed by atoms with E-state index in [-0.39, 0.29) is 12.1 Å². The predicted octanol–water partition coefficient (Wildman–Crippen LogP) is 3.94. The Labute approximate surface area is 200 Å². The first kappa shape index (κ1) is 20.3. The summed E-state index contributed by atoms with van der Waals surface area (Å²) in [5, 5.41) is 16.8. The molecule has 35 heavy (non-hydrogen) atoms. The minimum atomic E-state index is -0.524. The molecule has 2 aliphatic rings. The van der Waals surface area contributed by atoms with E-state index in [2.05, 4.69) is 38.5 Å². The molecule has 0 saturated heterocycles. The van der Waals surface area contributed by atoms with Crippen molar-refractivity contribution in [2.75, 3.05) is 5.32 Å². The molecule has 0 amide bonds. The second-order valence-electron chi connectivity index (χ2n) is 9.25. The molecule has 8 heteroatoms. The van der Waals surface area contributed by atoms with E-state index in [9.17, 15) is 5.11 Å². The molecule has 5 N–H and O–H groups in total. The van der Waals surface area contributed by atoms with Crippen molar-refractivity contribution in [2.24, 2.45) is 5.73 Å². The molecular weight excluding hydrogens is 438 g/mol. The molecule has 4 aromatic heterocycles. The number of aliphatic hydroxyl groups excluding tert-OH is 1. The highest BCUT2D eigenvalue weighted by atomic mass is 16.3. The minimum absolute atomic E-state index is 0.0171. The smallest absolute Gasteiger partial charge is 0.163 e. The summed E-state index contributed by atoms with van der Waals surface area (Å²) in [6, 6.07) is 9.87. The van der Waals surface area contributed by atoms with Crippen LogP contribution in [0.2, 0.25) is 0 Å². The van der Waals surface area contributed by atoms with Gasteiger partial charge < -0.3 is 21.1 Å². The van der Waals surface area contributed by atoms with Crippen molar-refractivity contribution < 1.29 is 5.11 Å². The highest BCUT2D eigenvalue weighted by Gasteiger charge is 2.31. The van der Waals surface area contributed by atoms with Crippen molar-refractivity contribution in [3.8, 4) is 11.4 Å². The van der Waals surface area contributed by atoms with Crippen LogP contribution in [-0.2, 0) is 0 Å². The molecule has 0 radical (unpaired) electrons. The first-order valence-corrected chi connectivity index (χ1v) is 11.8. The third-order valence-corrected chi connectivity index (χ3v) is 7.03. The molecule has 2 aliphatic carbocycles. The summed E-state index contributed by atoms with van der Waals surface area (Å²) >= 11 is 0. The monoisotopic (exact) mass is 461 g/mol. The molecule has 3 unspecified atom stereocenters. The van der Waals surface area contributed by atoms with Crippen molar-refractivity contribution >= 4 is 44.2 Å². The van der Waals surface area contributed by atoms with Crippen LogP contribution in [0.25, 0.3) is 49.8 Å². The number of aromatic amines is 1. The van der Waals surface area contributed by atoms with E-state index >= 15 is 0 Å². The molecule has 1 fully saturated rings. The number of hydrogen-bond donors (Lipinski definition) is 4. The van der Waals surface area contributed by atoms with E-state index in [1.54, 1.807) is 12.4 Å². The van der Waals surface area contributed by atoms with Crippen LogP contribution in [0, 0.1) is 0 Å². The zero-order chi connectivity index (χ0) is 23.5. The maximum atomic E-state index is 10.2. The predicted molar refractivity (Wildman–Crippen MR) is 138 cm³/mol. The third-order valence-electron chi connectivity index (χ3n) is 7.03. The summed E-state index contributed by atoms with van der Waals surface area (Å²) in [5.41, 5.74) is 11.6. The van der Waals surface area contributed by atoms with Crippen LogP contribution in [-0.4, -0.2) is 48.2 Å². The van der Waals surface area contributed by atoms with Gasteiger partial charge in [0.2, 0.25) is 0 Å². The Morgan fingerprint density at radius 1 is 1.03 bits per heavy atom. The fourth-order valence-corrected chi connectivity index (χ4v) is 5.21. The molecule has 1 aromatic carbocycles. The molecule has 7 rings (SSSR count). The zero-order valence-electron chi connectivity index (χ0n) is 18.8. The number of nitrogens with two attached hydrogens (primary N) is 1. The highest BCUT2D eigenvalue weighted by molar-refractivity contribution is 6.12. The number of aromatic nitrogens is 5. The third kappa shape index (κ3) is 3.22. The van der Waals surface area contributed by atoms with Gasteiger partial charge in [0.15, 0.2) is 5.82 Å². The Morgan fingerprint density at radius 3 is 2.71 bits per heavy atom. The van der Waals surface area contributed by atoms with Crippen LogP contribution in [0.1, 0.15) is 18.4 Å². The fourth-order valence-electron chi connectivity index (χ4n) is 5.21. The van der Waals surface area contributed by atoms with Crippen LogP contribution < -0.4 is 11.1 Å². The number of fused-ring (bicyclic) bond motifs is 4. The Hall–Kier alpha value is -4.14. The summed E-state index contributed by atoms with van der Waals surface area (Å²) in [5.74, 6) is 1.32. The summed E-state index contributed by atoms with van der Waals surface area (Å²) in [7, 11) is 0. The lowest BCUT2D eigenvalue weighted by molar-refractivity contribution is 0.164. The topological polar surface area (TPSA) is 126 Å². The molecular formula is C27H23N7O. The van der Waals surface area contributed by atoms with E-state index in [1.165, 1.54) is 0 Å². The van der Waals surface area contributed by atoms with E-state index in [0.29, 0.717) is 18.7 Å². The first-order chi connectivity index (χ1) is 17.2. The summed E-state index contributed by atoms with van der Waals surface area (Å²) in [4.78, 5) is 22.4. The maximum absolute atomic E-state index is 10.2. The van der Waals surface area contributed by atoms with Gasteiger partial charge in [-0.05, 0) is 30.5 Å². The molecule has 0 spiro atoms. The number of anilines is 1. The highest BCUT2D eigenvalue weighted by Crippen LogP contribution is 2.37. The van der Waals surface area contributed by atoms with Gasteiger partial charge in [-0.3, -0.25) is 4.98 Å². The number of benzene rings is 1. The number of allylic oxidation sites excluding steroid dienone is 4. The van der Waals surface area contributed by atoms with Crippen molar-refractivity contribution in [2.45, 2.75) is 31.0 Å². The Balaban J connectivity index is 1.46. The SMILES string of the molecule is NC1CC(Nc2nc(-c3ccnc4[nH]c5ccccc5c34)nc3cncc(C4=CC=C4)c23)CC1O. The van der Waals surface area contributed by atoms with E-state index < -0.39 is 6.10 Å². The number of pyridine rings is 2. The molecule has 4 heterocycles. The van der Waals surface area contributed by atoms with E-state index in [1.807, 2.05) is 36.5 Å². The molecule has 5 aromatic rings. The van der Waals surface area contributed by atoms with Crippen LogP contribution in [0.4, 0.5) is 5.82 Å². The van der Waals surface area contributed by atoms with E-state index in [0.717, 1.165) is 55.4 Å². The lowest BCUT2D eigenvalue weighted by Crippen LogP contribution is -2.28. The first-order valence-electron chi connectivity index (χ1n) is 11.8. The Kier molecular flexibility index (Phi) is 4.45. The van der Waals surface area contributed by atoms with Crippen molar-refractivity contribution in [3.05, 3.63) is 72.7 Å². The molecule has 0 bridgehead atoms. The zero-order valence-corrected chi connectivity index (χ0v) is 18.8. The number of rotatable bonds is 4. The number of aliphatic hydroxyl groups is 1. The quantitative estimate of drug-likeness (QED) is 0.319. The van der Waals surface area contributed by atoms with Gasteiger partial charge in [-0.2, -0.15) is 0 Å². The van der Waals surface area contributed by atoms with Crippen LogP contribution >= 0.6 is 0 Å². The van der Waals surface area contributed by atoms with Crippen molar-refractivity contribution in [1.82, 2.24) is 24.9 Å². The Bertz CT molecular complexity index is 1680. The van der Waals surface area contributed by atoms with Gasteiger partial charge in [-0.1, -0.05) is 36.4 Å². The molecule has 1 saturated carbocycles. The van der Waals surface area contributed by atoms with Gasteiger partial charge in [-0.25, -0.2) is 15.0 Å². The standard InChI is InChI=1S/C27H23N7O/c28-19-10-15(11-22(19)35)31-27-24-18(14-4-3-5-14)12-29-13-21(24)33-25(34-27)17-8-9-30-26-23(17)16-6-1-2-7-20(16)32-26/h1-9,12-13,15,19,22,35H,10-11,28H2,(H,30,32)(H,31,33,34). The average Bonchev–Trinajstić information content (AvgIpc) is 3.36. The normalized spacial score (nSPS) is 21.5. The van der Waals surface area contributed by atoms with Gasteiger partial charge in [0.25, 0.3) is 0 Å². The second kappa shape index (κ2) is 7.69. The number of hydrogen-bond acceptors (Lipinski definition) is 7. The fraction of sp³-hybridized carbons (Fsp3) is 0.185. The van der Waals surface area contributed by atoms with Crippen molar-refractivity contribution in [3.63, 3.8) is 0 Å². The number of nitrogens with one attached hydrogen (secondary N) is 2. The van der Waals surface area contributed by atoms with Crippen LogP contribution in [0.3, 0.4) is 0 Å². The summed E-state index contributed by atoms with van der Waals surface area (Å²) in [6.45, 7) is 0. The lowest BCUT2D eigenvalue weighted by Gasteiger charge is -2.19. The summed E-state index contributed by atoms with van der Waals surface area (Å²) in [6.07, 6.45) is 12.3. The number of nitrogens with zero attached hydrogens (tertiary/aromatic N) is 4. The van der Waals surface area contributed by atoms with Gasteiger partial charge in [-0.15, -0.1) is 0 Å². The van der Waals surface area contributed by atoms with Gasteiger partial charge >= 0.3 is 0 Å². The maximum Gasteiger partial charge on any atom is 0.163 e. The molecule has 172 valence electrons. The van der Waals surface area contributed by atoms with Crippen molar-refractivity contribution in [1.29, 1.82) is 0 Å². The average molecular weight is 462 g/mol. The largest absolute Gasteiger partial charge is 0.391 e. The molecule has 8 nitrogen and oxygen atoms in total. The van der Waals surface area contributed by atoms with Crippen LogP contribution in [0.5, 0.6) is 0 Å². The molecule has 0 aliphatic heterocycles. The molecule has 3 atom stereocenters. The number of para-hydroxylation sites is 1. The van der Waals surface area contributed by atoms with Crippen LogP contribution in [0.15, 0.2) is 67.2 Å². The van der Waals surface area contributed by atoms with Gasteiger partial charge in [0.1, 0.15) is 11.5 Å². The van der Waals surface area contributed by atoms with Gasteiger partial charge in [0, 0.05) is 51.9 Å². The summed E-state index contributed by atoms with van der Waals surface area (Å²) < 4.78 is 0. The second-order valence-corrected chi connectivity index (χ2v) is 9.25.